The molecule has 10 heteroatoms. The lowest BCUT2D eigenvalue weighted by molar-refractivity contribution is -0.144. The second-order valence-electron chi connectivity index (χ2n) is 12.3. The molecule has 1 aromatic rings. The Balaban J connectivity index is 1.78. The van der Waals surface area contributed by atoms with Gasteiger partial charge in [0.25, 0.3) is 5.91 Å². The van der Waals surface area contributed by atoms with Crippen LogP contribution in [0.5, 0.6) is 0 Å². The molecule has 1 aliphatic carbocycles. The minimum absolute atomic E-state index is 0.0387. The Hall–Kier alpha value is -2.91. The Morgan fingerprint density at radius 3 is 2.36 bits per heavy atom. The number of hydrogen-bond acceptors (Lipinski definition) is 6. The number of nitrogens with one attached hydrogen (secondary N) is 3. The molecular formula is C29H47N5O5. The van der Waals surface area contributed by atoms with Crippen LogP contribution >= 0.6 is 0 Å². The average molecular weight is 546 g/mol. The number of amides is 4. The van der Waals surface area contributed by atoms with E-state index in [0.717, 1.165) is 38.5 Å². The second kappa shape index (κ2) is 13.9. The van der Waals surface area contributed by atoms with E-state index < -0.39 is 29.6 Å². The Morgan fingerprint density at radius 1 is 1.05 bits per heavy atom. The van der Waals surface area contributed by atoms with E-state index in [9.17, 15) is 19.2 Å². The molecule has 1 saturated heterocycles. The predicted octanol–water partition coefficient (Wildman–Crippen LogP) is 3.78. The molecule has 0 radical (unpaired) electrons. The molecule has 2 heterocycles. The zero-order chi connectivity index (χ0) is 28.6. The molecule has 3 rings (SSSR count). The quantitative estimate of drug-likeness (QED) is 0.410. The molecule has 39 heavy (non-hydrogen) atoms. The van der Waals surface area contributed by atoms with E-state index in [2.05, 4.69) is 21.1 Å². The van der Waals surface area contributed by atoms with Gasteiger partial charge in [0.1, 0.15) is 18.2 Å². The zero-order valence-corrected chi connectivity index (χ0v) is 24.3. The maximum absolute atomic E-state index is 13.9. The van der Waals surface area contributed by atoms with Gasteiger partial charge >= 0.3 is 0 Å². The van der Waals surface area contributed by atoms with Crippen molar-refractivity contribution in [3.63, 3.8) is 0 Å². The number of carbonyl (C=O) groups is 4. The Bertz CT molecular complexity index is 967. The number of aromatic nitrogens is 1. The number of nitrogens with zero attached hydrogens (tertiary/aromatic N) is 2. The van der Waals surface area contributed by atoms with E-state index in [4.69, 9.17) is 4.52 Å². The molecule has 4 atom stereocenters. The molecule has 2 fully saturated rings. The maximum atomic E-state index is 13.9. The molecule has 4 amide bonds. The van der Waals surface area contributed by atoms with Crippen LogP contribution in [0, 0.1) is 17.3 Å². The fourth-order valence-electron chi connectivity index (χ4n) is 5.38. The van der Waals surface area contributed by atoms with Crippen molar-refractivity contribution < 1.29 is 23.7 Å². The van der Waals surface area contributed by atoms with Crippen molar-refractivity contribution in [3.05, 3.63) is 18.0 Å². The Kier molecular flexibility index (Phi) is 10.9. The number of rotatable bonds is 10. The summed E-state index contributed by atoms with van der Waals surface area (Å²) in [6.45, 7) is 9.98. The van der Waals surface area contributed by atoms with Crippen molar-refractivity contribution in [2.45, 2.75) is 117 Å². The van der Waals surface area contributed by atoms with Gasteiger partial charge < -0.3 is 25.4 Å². The van der Waals surface area contributed by atoms with E-state index in [-0.39, 0.29) is 29.4 Å². The van der Waals surface area contributed by atoms with Crippen LogP contribution < -0.4 is 16.0 Å². The molecule has 218 valence electrons. The van der Waals surface area contributed by atoms with E-state index in [1.165, 1.54) is 18.7 Å². The third-order valence-electron chi connectivity index (χ3n) is 8.12. The summed E-state index contributed by atoms with van der Waals surface area (Å²) in [5.74, 6) is -0.968. The fourth-order valence-corrected chi connectivity index (χ4v) is 5.38. The smallest absolute Gasteiger partial charge is 0.290 e. The normalized spacial score (nSPS) is 20.9. The molecule has 0 unspecified atom stereocenters. The summed E-state index contributed by atoms with van der Waals surface area (Å²) in [4.78, 5) is 54.9. The lowest BCUT2D eigenvalue weighted by Gasteiger charge is -2.40. The standard InChI is InChI=1S/C29H47N5O5/c1-6-19(2)24(27(37)34-17-11-10-14-23(34)32-28(38)29(3,4)5)33-25(35)21(18-20-12-8-7-9-13-20)31-26(36)22-15-16-30-39-22/h15-16,19-21,23-24H,6-14,17-18H2,1-5H3,(H,31,36)(H,32,38)(H,33,35)/t19-,21-,23+,24-/m0/s1. The molecule has 0 spiro atoms. The van der Waals surface area contributed by atoms with Gasteiger partial charge in [0, 0.05) is 18.0 Å². The summed E-state index contributed by atoms with van der Waals surface area (Å²) < 4.78 is 5.00. The highest BCUT2D eigenvalue weighted by Gasteiger charge is 2.38. The topological polar surface area (TPSA) is 134 Å². The number of piperidine rings is 1. The van der Waals surface area contributed by atoms with Gasteiger partial charge in [0.15, 0.2) is 0 Å². The SMILES string of the molecule is CC[C@H](C)[C@H](NC(=O)[C@H](CC1CCCCC1)NC(=O)c1ccno1)C(=O)N1CCCC[C@@H]1NC(=O)C(C)(C)C. The number of likely N-dealkylation sites (tertiary alicyclic amines) is 1. The molecule has 1 aromatic heterocycles. The summed E-state index contributed by atoms with van der Waals surface area (Å²) in [6.07, 6.45) is 10.0. The third kappa shape index (κ3) is 8.54. The first-order valence-corrected chi connectivity index (χ1v) is 14.6. The largest absolute Gasteiger partial charge is 0.351 e. The van der Waals surface area contributed by atoms with Crippen LogP contribution in [0.4, 0.5) is 0 Å². The second-order valence-corrected chi connectivity index (χ2v) is 12.3. The van der Waals surface area contributed by atoms with Gasteiger partial charge in [-0.25, -0.2) is 0 Å². The maximum Gasteiger partial charge on any atom is 0.290 e. The van der Waals surface area contributed by atoms with Gasteiger partial charge in [-0.3, -0.25) is 19.2 Å². The number of carbonyl (C=O) groups excluding carboxylic acids is 4. The predicted molar refractivity (Wildman–Crippen MR) is 147 cm³/mol. The van der Waals surface area contributed by atoms with Gasteiger partial charge in [-0.05, 0) is 37.5 Å². The monoisotopic (exact) mass is 545 g/mol. The van der Waals surface area contributed by atoms with Crippen molar-refractivity contribution in [2.24, 2.45) is 17.3 Å². The molecule has 0 aromatic carbocycles. The van der Waals surface area contributed by atoms with Gasteiger partial charge in [0.05, 0.1) is 6.20 Å². The highest BCUT2D eigenvalue weighted by atomic mass is 16.5. The van der Waals surface area contributed by atoms with E-state index in [1.54, 1.807) is 4.90 Å². The van der Waals surface area contributed by atoms with E-state index in [0.29, 0.717) is 31.7 Å². The molecule has 2 aliphatic rings. The Morgan fingerprint density at radius 2 is 1.74 bits per heavy atom. The lowest BCUT2D eigenvalue weighted by Crippen LogP contribution is -2.62. The van der Waals surface area contributed by atoms with Crippen LogP contribution in [0.2, 0.25) is 0 Å². The van der Waals surface area contributed by atoms with E-state index in [1.807, 2.05) is 34.6 Å². The van der Waals surface area contributed by atoms with Gasteiger partial charge in [-0.15, -0.1) is 0 Å². The minimum Gasteiger partial charge on any atom is -0.351 e. The van der Waals surface area contributed by atoms with E-state index >= 15 is 0 Å². The summed E-state index contributed by atoms with van der Waals surface area (Å²) in [7, 11) is 0. The first-order valence-electron chi connectivity index (χ1n) is 14.6. The molecule has 1 aliphatic heterocycles. The lowest BCUT2D eigenvalue weighted by atomic mass is 9.84. The van der Waals surface area contributed by atoms with Crippen molar-refractivity contribution in [2.75, 3.05) is 6.54 Å². The van der Waals surface area contributed by atoms with Crippen LogP contribution in [-0.2, 0) is 14.4 Å². The first kappa shape index (κ1) is 30.6. The number of hydrogen-bond donors (Lipinski definition) is 3. The molecule has 0 bridgehead atoms. The van der Waals surface area contributed by atoms with Crippen molar-refractivity contribution in [3.8, 4) is 0 Å². The summed E-state index contributed by atoms with van der Waals surface area (Å²) in [5, 5.41) is 12.5. The molecule has 1 saturated carbocycles. The van der Waals surface area contributed by atoms with Crippen molar-refractivity contribution >= 4 is 23.6 Å². The average Bonchev–Trinajstić information content (AvgIpc) is 3.46. The highest BCUT2D eigenvalue weighted by molar-refractivity contribution is 5.96. The fraction of sp³-hybridized carbons (Fsp3) is 0.759. The zero-order valence-electron chi connectivity index (χ0n) is 24.3. The molecule has 10 nitrogen and oxygen atoms in total. The third-order valence-corrected chi connectivity index (χ3v) is 8.12. The van der Waals surface area contributed by atoms with Crippen LogP contribution in [0.15, 0.2) is 16.8 Å². The van der Waals surface area contributed by atoms with Crippen LogP contribution in [-0.4, -0.2) is 58.5 Å². The van der Waals surface area contributed by atoms with Gasteiger partial charge in [-0.1, -0.05) is 78.3 Å². The van der Waals surface area contributed by atoms with Crippen LogP contribution in [0.3, 0.4) is 0 Å². The van der Waals surface area contributed by atoms with Crippen LogP contribution in [0.25, 0.3) is 0 Å². The summed E-state index contributed by atoms with van der Waals surface area (Å²) >= 11 is 0. The first-order chi connectivity index (χ1) is 18.5. The van der Waals surface area contributed by atoms with Crippen molar-refractivity contribution in [1.29, 1.82) is 0 Å². The Labute approximate surface area is 232 Å². The minimum atomic E-state index is -0.803. The van der Waals surface area contributed by atoms with Gasteiger partial charge in [0.2, 0.25) is 23.5 Å². The van der Waals surface area contributed by atoms with Crippen LogP contribution in [0.1, 0.15) is 109 Å². The van der Waals surface area contributed by atoms with Crippen molar-refractivity contribution in [1.82, 2.24) is 26.0 Å². The molecule has 3 N–H and O–H groups in total. The summed E-state index contributed by atoms with van der Waals surface area (Å²) in [5.41, 5.74) is -0.579. The molecular weight excluding hydrogens is 498 g/mol. The van der Waals surface area contributed by atoms with Gasteiger partial charge in [-0.2, -0.15) is 0 Å². The highest BCUT2D eigenvalue weighted by Crippen LogP contribution is 2.28. The summed E-state index contributed by atoms with van der Waals surface area (Å²) in [6, 6.07) is -0.118.